The van der Waals surface area contributed by atoms with E-state index in [1.807, 2.05) is 18.0 Å². The number of unbranched alkanes of at least 4 members (excludes halogenated alkanes) is 1. The zero-order chi connectivity index (χ0) is 14.8. The molecule has 0 unspecified atom stereocenters. The van der Waals surface area contributed by atoms with Crippen molar-refractivity contribution in [3.8, 4) is 0 Å². The van der Waals surface area contributed by atoms with Crippen LogP contribution < -0.4 is 5.32 Å². The number of aromatic nitrogens is 1. The summed E-state index contributed by atoms with van der Waals surface area (Å²) in [5, 5.41) is 4.10. The number of pyridine rings is 1. The normalized spacial score (nSPS) is 14.4. The third-order valence-electron chi connectivity index (χ3n) is 3.59. The smallest absolute Gasteiger partial charge is 0.194 e. The Morgan fingerprint density at radius 3 is 3.10 bits per heavy atom. The second kappa shape index (κ2) is 5.81. The van der Waals surface area contributed by atoms with Crippen molar-refractivity contribution in [3.05, 3.63) is 17.1 Å². The predicted molar refractivity (Wildman–Crippen MR) is 88.1 cm³/mol. The summed E-state index contributed by atoms with van der Waals surface area (Å²) in [4.78, 5) is 25.0. The van der Waals surface area contributed by atoms with E-state index in [0.29, 0.717) is 6.54 Å². The predicted octanol–water partition coefficient (Wildman–Crippen LogP) is 3.30. The van der Waals surface area contributed by atoms with E-state index in [2.05, 4.69) is 22.2 Å². The second-order valence-electron chi connectivity index (χ2n) is 5.06. The standard InChI is InChI=1S/C15H18N4OS/c1-3-4-7-19-8-11(20)14-13(18-9-19)12-10(16-2)5-6-17-15(12)21-14/h5-6,9H,3-4,7-8H2,1-2H3,(H,16,17). The number of carbonyl (C=O) groups excluding carboxylic acids is 1. The van der Waals surface area contributed by atoms with Crippen LogP contribution in [-0.4, -0.2) is 42.1 Å². The Morgan fingerprint density at radius 1 is 1.48 bits per heavy atom. The summed E-state index contributed by atoms with van der Waals surface area (Å²) in [6.45, 7) is 3.42. The van der Waals surface area contributed by atoms with E-state index in [9.17, 15) is 4.79 Å². The van der Waals surface area contributed by atoms with Gasteiger partial charge in [0.05, 0.1) is 24.0 Å². The summed E-state index contributed by atoms with van der Waals surface area (Å²) in [6, 6.07) is 1.91. The number of fused-ring (bicyclic) bond motifs is 3. The van der Waals surface area contributed by atoms with Crippen molar-refractivity contribution in [2.75, 3.05) is 25.5 Å². The number of rotatable bonds is 4. The minimum atomic E-state index is 0.128. The molecule has 2 aromatic rings. The highest BCUT2D eigenvalue weighted by Gasteiger charge is 2.24. The van der Waals surface area contributed by atoms with Crippen LogP contribution in [-0.2, 0) is 0 Å². The van der Waals surface area contributed by atoms with Crippen LogP contribution >= 0.6 is 11.3 Å². The van der Waals surface area contributed by atoms with Gasteiger partial charge < -0.3 is 10.2 Å². The third-order valence-corrected chi connectivity index (χ3v) is 4.71. The largest absolute Gasteiger partial charge is 0.387 e. The molecule has 0 amide bonds. The number of aliphatic imine (C=N–C) groups is 1. The first-order valence-electron chi connectivity index (χ1n) is 7.15. The molecule has 5 nitrogen and oxygen atoms in total. The molecular formula is C15H18N4OS. The van der Waals surface area contributed by atoms with Crippen LogP contribution in [0.15, 0.2) is 17.3 Å². The number of thiophene rings is 1. The minimum absolute atomic E-state index is 0.128. The molecule has 3 rings (SSSR count). The fourth-order valence-electron chi connectivity index (χ4n) is 2.46. The first kappa shape index (κ1) is 14.0. The summed E-state index contributed by atoms with van der Waals surface area (Å²) in [6.07, 6.45) is 5.73. The summed E-state index contributed by atoms with van der Waals surface area (Å²) < 4.78 is 0. The highest BCUT2D eigenvalue weighted by atomic mass is 32.1. The Labute approximate surface area is 127 Å². The molecule has 0 saturated heterocycles. The lowest BCUT2D eigenvalue weighted by atomic mass is 10.2. The van der Waals surface area contributed by atoms with Crippen molar-refractivity contribution in [2.24, 2.45) is 4.99 Å². The van der Waals surface area contributed by atoms with Gasteiger partial charge in [0.1, 0.15) is 9.71 Å². The van der Waals surface area contributed by atoms with Gasteiger partial charge in [-0.15, -0.1) is 11.3 Å². The van der Waals surface area contributed by atoms with E-state index < -0.39 is 0 Å². The van der Waals surface area contributed by atoms with Crippen LogP contribution in [0.5, 0.6) is 0 Å². The van der Waals surface area contributed by atoms with E-state index in [1.54, 1.807) is 12.5 Å². The van der Waals surface area contributed by atoms with E-state index in [-0.39, 0.29) is 5.78 Å². The van der Waals surface area contributed by atoms with Crippen molar-refractivity contribution >= 4 is 45.0 Å². The summed E-state index contributed by atoms with van der Waals surface area (Å²) in [7, 11) is 1.87. The van der Waals surface area contributed by atoms with Gasteiger partial charge in [-0.25, -0.2) is 9.98 Å². The lowest BCUT2D eigenvalue weighted by molar-refractivity contribution is 0.0970. The molecule has 0 spiro atoms. The van der Waals surface area contributed by atoms with Gasteiger partial charge in [0.15, 0.2) is 5.78 Å². The van der Waals surface area contributed by atoms with Gasteiger partial charge in [-0.2, -0.15) is 0 Å². The van der Waals surface area contributed by atoms with Crippen LogP contribution in [0.25, 0.3) is 10.2 Å². The SMILES string of the molecule is CCCCN1C=Nc2c(sc3nccc(NC)c23)C(=O)C1. The Bertz CT molecular complexity index is 707. The number of hydrogen-bond donors (Lipinski definition) is 1. The number of Topliss-reactive ketones (excluding diaryl/α,β-unsaturated/α-hetero) is 1. The molecule has 0 atom stereocenters. The van der Waals surface area contributed by atoms with Crippen LogP contribution in [0.3, 0.4) is 0 Å². The highest BCUT2D eigenvalue weighted by Crippen LogP contribution is 2.41. The van der Waals surface area contributed by atoms with Gasteiger partial charge in [0, 0.05) is 25.5 Å². The molecule has 0 aliphatic carbocycles. The van der Waals surface area contributed by atoms with Crippen molar-refractivity contribution in [2.45, 2.75) is 19.8 Å². The van der Waals surface area contributed by atoms with E-state index in [4.69, 9.17) is 0 Å². The van der Waals surface area contributed by atoms with Crippen molar-refractivity contribution < 1.29 is 4.79 Å². The molecule has 110 valence electrons. The molecule has 0 bridgehead atoms. The minimum Gasteiger partial charge on any atom is -0.387 e. The van der Waals surface area contributed by atoms with E-state index in [0.717, 1.165) is 45.9 Å². The highest BCUT2D eigenvalue weighted by molar-refractivity contribution is 7.21. The maximum Gasteiger partial charge on any atom is 0.194 e. The number of ketones is 1. The molecule has 21 heavy (non-hydrogen) atoms. The van der Waals surface area contributed by atoms with Crippen LogP contribution in [0.4, 0.5) is 11.4 Å². The Kier molecular flexibility index (Phi) is 3.88. The summed E-state index contributed by atoms with van der Waals surface area (Å²) >= 11 is 1.44. The molecule has 1 aliphatic rings. The van der Waals surface area contributed by atoms with Gasteiger partial charge in [0.25, 0.3) is 0 Å². The van der Waals surface area contributed by atoms with Gasteiger partial charge in [-0.05, 0) is 12.5 Å². The molecule has 1 N–H and O–H groups in total. The molecule has 6 heteroatoms. The molecule has 1 aliphatic heterocycles. The lowest BCUT2D eigenvalue weighted by Gasteiger charge is -2.15. The van der Waals surface area contributed by atoms with Gasteiger partial charge in [-0.1, -0.05) is 13.3 Å². The van der Waals surface area contributed by atoms with E-state index >= 15 is 0 Å². The Hall–Kier alpha value is -1.95. The van der Waals surface area contributed by atoms with Crippen molar-refractivity contribution in [1.82, 2.24) is 9.88 Å². The first-order chi connectivity index (χ1) is 10.2. The Morgan fingerprint density at radius 2 is 2.33 bits per heavy atom. The fourth-order valence-corrected chi connectivity index (χ4v) is 3.51. The molecule has 0 aromatic carbocycles. The topological polar surface area (TPSA) is 57.6 Å². The Balaban J connectivity index is 2.08. The van der Waals surface area contributed by atoms with Crippen molar-refractivity contribution in [1.29, 1.82) is 0 Å². The maximum absolute atomic E-state index is 12.5. The number of nitrogens with zero attached hydrogens (tertiary/aromatic N) is 3. The van der Waals surface area contributed by atoms with Crippen LogP contribution in [0.1, 0.15) is 29.4 Å². The van der Waals surface area contributed by atoms with Crippen LogP contribution in [0, 0.1) is 0 Å². The quantitative estimate of drug-likeness (QED) is 0.941. The average Bonchev–Trinajstić information content (AvgIpc) is 2.81. The van der Waals surface area contributed by atoms with Gasteiger partial charge in [0.2, 0.25) is 0 Å². The first-order valence-corrected chi connectivity index (χ1v) is 7.97. The molecule has 0 saturated carbocycles. The average molecular weight is 302 g/mol. The van der Waals surface area contributed by atoms with Crippen molar-refractivity contribution in [3.63, 3.8) is 0 Å². The fraction of sp³-hybridized carbons (Fsp3) is 0.400. The lowest BCUT2D eigenvalue weighted by Crippen LogP contribution is -2.28. The molecule has 2 aromatic heterocycles. The number of anilines is 1. The third kappa shape index (κ3) is 2.51. The number of hydrogen-bond acceptors (Lipinski definition) is 6. The maximum atomic E-state index is 12.5. The molecular weight excluding hydrogens is 284 g/mol. The summed E-state index contributed by atoms with van der Waals surface area (Å²) in [5.74, 6) is 0.128. The molecule has 0 radical (unpaired) electrons. The zero-order valence-corrected chi connectivity index (χ0v) is 13.0. The zero-order valence-electron chi connectivity index (χ0n) is 12.2. The van der Waals surface area contributed by atoms with Crippen LogP contribution in [0.2, 0.25) is 0 Å². The van der Waals surface area contributed by atoms with Gasteiger partial charge >= 0.3 is 0 Å². The van der Waals surface area contributed by atoms with E-state index in [1.165, 1.54) is 11.3 Å². The summed E-state index contributed by atoms with van der Waals surface area (Å²) in [5.41, 5.74) is 1.72. The molecule has 0 fully saturated rings. The molecule has 3 heterocycles. The second-order valence-corrected chi connectivity index (χ2v) is 6.06. The van der Waals surface area contributed by atoms with Gasteiger partial charge in [-0.3, -0.25) is 4.79 Å². The number of nitrogens with one attached hydrogen (secondary N) is 1. The number of carbonyl (C=O) groups is 1. The monoisotopic (exact) mass is 302 g/mol.